The highest BCUT2D eigenvalue weighted by Crippen LogP contribution is 2.27. The van der Waals surface area contributed by atoms with E-state index in [1.807, 2.05) is 5.38 Å². The maximum atomic E-state index is 10.7. The van der Waals surface area contributed by atoms with E-state index in [0.717, 1.165) is 10.6 Å². The summed E-state index contributed by atoms with van der Waals surface area (Å²) in [5, 5.41) is 10.7. The van der Waals surface area contributed by atoms with Crippen molar-refractivity contribution in [3.63, 3.8) is 0 Å². The van der Waals surface area contributed by atoms with E-state index in [2.05, 4.69) is 13.8 Å². The summed E-state index contributed by atoms with van der Waals surface area (Å²) in [4.78, 5) is 12.2. The first-order chi connectivity index (χ1) is 7.13. The molecular formula is C11H16O2S2. The van der Waals surface area contributed by atoms with Crippen molar-refractivity contribution in [1.82, 2.24) is 0 Å². The van der Waals surface area contributed by atoms with Gasteiger partial charge in [-0.25, -0.2) is 4.79 Å². The molecule has 0 aliphatic heterocycles. The number of hydrogen-bond donors (Lipinski definition) is 1. The van der Waals surface area contributed by atoms with Crippen molar-refractivity contribution in [2.45, 2.75) is 31.6 Å². The smallest absolute Gasteiger partial charge is 0.345 e. The van der Waals surface area contributed by atoms with Crippen molar-refractivity contribution in [3.05, 3.63) is 16.3 Å². The number of thiophene rings is 1. The number of thioether (sulfide) groups is 1. The average molecular weight is 244 g/mol. The molecule has 0 saturated carbocycles. The van der Waals surface area contributed by atoms with E-state index in [9.17, 15) is 4.79 Å². The molecule has 0 amide bonds. The molecule has 0 fully saturated rings. The van der Waals surface area contributed by atoms with Gasteiger partial charge in [-0.15, -0.1) is 23.1 Å². The fourth-order valence-corrected chi connectivity index (χ4v) is 3.26. The van der Waals surface area contributed by atoms with Crippen LogP contribution in [0, 0.1) is 5.92 Å². The molecule has 0 aliphatic carbocycles. The van der Waals surface area contributed by atoms with E-state index in [1.165, 1.54) is 24.2 Å². The third-order valence-electron chi connectivity index (χ3n) is 2.10. The van der Waals surface area contributed by atoms with Gasteiger partial charge in [0.15, 0.2) is 0 Å². The topological polar surface area (TPSA) is 37.3 Å². The van der Waals surface area contributed by atoms with Gasteiger partial charge in [0.25, 0.3) is 0 Å². The summed E-state index contributed by atoms with van der Waals surface area (Å²) in [6.07, 6.45) is 2.45. The molecule has 0 radical (unpaired) electrons. The Balaban J connectivity index is 2.40. The standard InChI is InChI=1S/C11H16O2S2/c1-3-4-8(2)6-14-9-5-10(11(12)13)15-7-9/h5,7-8H,3-4,6H2,1-2H3,(H,12,13). The summed E-state index contributed by atoms with van der Waals surface area (Å²) < 4.78 is 0. The zero-order valence-electron chi connectivity index (χ0n) is 9.03. The summed E-state index contributed by atoms with van der Waals surface area (Å²) >= 11 is 3.06. The van der Waals surface area contributed by atoms with Crippen LogP contribution in [0.1, 0.15) is 36.4 Å². The largest absolute Gasteiger partial charge is 0.477 e. The normalized spacial score (nSPS) is 12.7. The molecule has 1 aromatic rings. The van der Waals surface area contributed by atoms with Crippen LogP contribution in [0.3, 0.4) is 0 Å². The van der Waals surface area contributed by atoms with Gasteiger partial charge < -0.3 is 5.11 Å². The van der Waals surface area contributed by atoms with Gasteiger partial charge in [0.1, 0.15) is 4.88 Å². The van der Waals surface area contributed by atoms with Gasteiger partial charge in [-0.1, -0.05) is 26.7 Å². The molecule has 2 nitrogen and oxygen atoms in total. The molecule has 1 N–H and O–H groups in total. The van der Waals surface area contributed by atoms with E-state index >= 15 is 0 Å². The van der Waals surface area contributed by atoms with Crippen LogP contribution in [0.4, 0.5) is 0 Å². The Morgan fingerprint density at radius 2 is 2.40 bits per heavy atom. The van der Waals surface area contributed by atoms with Crippen LogP contribution in [-0.2, 0) is 0 Å². The summed E-state index contributed by atoms with van der Waals surface area (Å²) in [5.41, 5.74) is 0. The lowest BCUT2D eigenvalue weighted by Crippen LogP contribution is -1.96. The lowest BCUT2D eigenvalue weighted by atomic mass is 10.1. The Morgan fingerprint density at radius 3 is 2.93 bits per heavy atom. The van der Waals surface area contributed by atoms with Crippen LogP contribution >= 0.6 is 23.1 Å². The second-order valence-corrected chi connectivity index (χ2v) is 5.66. The van der Waals surface area contributed by atoms with Crippen molar-refractivity contribution in [2.24, 2.45) is 5.92 Å². The zero-order valence-corrected chi connectivity index (χ0v) is 10.7. The highest BCUT2D eigenvalue weighted by Gasteiger charge is 2.08. The first-order valence-corrected chi connectivity index (χ1v) is 6.94. The highest BCUT2D eigenvalue weighted by atomic mass is 32.2. The van der Waals surface area contributed by atoms with Crippen LogP contribution in [0.5, 0.6) is 0 Å². The van der Waals surface area contributed by atoms with E-state index in [4.69, 9.17) is 5.11 Å². The Hall–Kier alpha value is -0.480. The van der Waals surface area contributed by atoms with Crippen LogP contribution in [0.2, 0.25) is 0 Å². The zero-order chi connectivity index (χ0) is 11.3. The minimum Gasteiger partial charge on any atom is -0.477 e. The Morgan fingerprint density at radius 1 is 1.67 bits per heavy atom. The molecule has 0 bridgehead atoms. The van der Waals surface area contributed by atoms with Crippen molar-refractivity contribution in [3.8, 4) is 0 Å². The van der Waals surface area contributed by atoms with E-state index < -0.39 is 5.97 Å². The van der Waals surface area contributed by atoms with E-state index in [1.54, 1.807) is 17.8 Å². The highest BCUT2D eigenvalue weighted by molar-refractivity contribution is 7.99. The summed E-state index contributed by atoms with van der Waals surface area (Å²) in [7, 11) is 0. The predicted molar refractivity (Wildman–Crippen MR) is 66.1 cm³/mol. The van der Waals surface area contributed by atoms with Crippen molar-refractivity contribution < 1.29 is 9.90 Å². The van der Waals surface area contributed by atoms with Gasteiger partial charge in [0.05, 0.1) is 0 Å². The van der Waals surface area contributed by atoms with Gasteiger partial charge in [-0.05, 0) is 12.0 Å². The molecule has 0 saturated heterocycles. The van der Waals surface area contributed by atoms with Crippen LogP contribution in [0.15, 0.2) is 16.3 Å². The quantitative estimate of drug-likeness (QED) is 0.769. The van der Waals surface area contributed by atoms with Crippen LogP contribution < -0.4 is 0 Å². The number of rotatable bonds is 6. The second kappa shape index (κ2) is 6.18. The number of carbonyl (C=O) groups is 1. The number of carboxylic acids is 1. The fourth-order valence-electron chi connectivity index (χ4n) is 1.32. The SMILES string of the molecule is CCCC(C)CSc1csc(C(=O)O)c1. The van der Waals surface area contributed by atoms with Crippen molar-refractivity contribution >= 4 is 29.1 Å². The molecule has 1 unspecified atom stereocenters. The summed E-state index contributed by atoms with van der Waals surface area (Å²) in [6.45, 7) is 4.43. The Kier molecular flexibility index (Phi) is 5.19. The first-order valence-electron chi connectivity index (χ1n) is 5.08. The molecule has 0 aliphatic rings. The summed E-state index contributed by atoms with van der Waals surface area (Å²) in [6, 6.07) is 1.76. The molecule has 4 heteroatoms. The molecule has 1 atom stereocenters. The lowest BCUT2D eigenvalue weighted by molar-refractivity contribution is 0.0702. The molecule has 1 aromatic heterocycles. The van der Waals surface area contributed by atoms with Gasteiger partial charge in [0.2, 0.25) is 0 Å². The second-order valence-electron chi connectivity index (χ2n) is 3.66. The molecule has 0 spiro atoms. The lowest BCUT2D eigenvalue weighted by Gasteiger charge is -2.07. The van der Waals surface area contributed by atoms with Crippen molar-refractivity contribution in [2.75, 3.05) is 5.75 Å². The van der Waals surface area contributed by atoms with E-state index in [-0.39, 0.29) is 0 Å². The number of hydrogen-bond acceptors (Lipinski definition) is 3. The summed E-state index contributed by atoms with van der Waals surface area (Å²) in [5.74, 6) is 0.950. The van der Waals surface area contributed by atoms with Gasteiger partial charge >= 0.3 is 5.97 Å². The fraction of sp³-hybridized carbons (Fsp3) is 0.545. The molecular weight excluding hydrogens is 228 g/mol. The number of carboxylic acid groups (broad SMARTS) is 1. The average Bonchev–Trinajstić information content (AvgIpc) is 2.63. The minimum absolute atomic E-state index is 0.431. The van der Waals surface area contributed by atoms with Gasteiger partial charge in [0, 0.05) is 16.0 Å². The molecule has 1 rings (SSSR count). The molecule has 15 heavy (non-hydrogen) atoms. The van der Waals surface area contributed by atoms with E-state index in [0.29, 0.717) is 10.8 Å². The molecule has 0 aromatic carbocycles. The Labute approximate surface area is 98.7 Å². The third-order valence-corrected chi connectivity index (χ3v) is 4.47. The number of aromatic carboxylic acids is 1. The minimum atomic E-state index is -0.826. The van der Waals surface area contributed by atoms with Crippen LogP contribution in [-0.4, -0.2) is 16.8 Å². The Bertz CT molecular complexity index is 320. The monoisotopic (exact) mass is 244 g/mol. The molecule has 1 heterocycles. The van der Waals surface area contributed by atoms with Gasteiger partial charge in [-0.3, -0.25) is 0 Å². The predicted octanol–water partition coefficient (Wildman–Crippen LogP) is 3.97. The van der Waals surface area contributed by atoms with Gasteiger partial charge in [-0.2, -0.15) is 0 Å². The van der Waals surface area contributed by atoms with Crippen molar-refractivity contribution in [1.29, 1.82) is 0 Å². The first kappa shape index (κ1) is 12.6. The third kappa shape index (κ3) is 4.26. The molecule has 84 valence electrons. The maximum absolute atomic E-state index is 10.7. The van der Waals surface area contributed by atoms with Crippen LogP contribution in [0.25, 0.3) is 0 Å². The maximum Gasteiger partial charge on any atom is 0.345 e.